The summed E-state index contributed by atoms with van der Waals surface area (Å²) in [5.41, 5.74) is 2.16. The number of piperazine rings is 1. The molecule has 1 aliphatic rings. The predicted molar refractivity (Wildman–Crippen MR) is 154 cm³/mol. The van der Waals surface area contributed by atoms with Gasteiger partial charge in [-0.25, -0.2) is 8.96 Å². The molecule has 40 heavy (non-hydrogen) atoms. The Morgan fingerprint density at radius 1 is 1.10 bits per heavy atom. The molecule has 1 amide bonds. The van der Waals surface area contributed by atoms with E-state index in [4.69, 9.17) is 4.52 Å². The van der Waals surface area contributed by atoms with Crippen LogP contribution in [0.15, 0.2) is 85.5 Å². The summed E-state index contributed by atoms with van der Waals surface area (Å²) in [6, 6.07) is 19.5. The van der Waals surface area contributed by atoms with Crippen molar-refractivity contribution in [3.8, 4) is 5.75 Å². The number of phosphoric ester groups is 1. The molecular weight excluding hydrogens is 532 g/mol. The maximum Gasteiger partial charge on any atom is 0.524 e. The predicted octanol–water partition coefficient (Wildman–Crippen LogP) is 5.24. The Kier molecular flexibility index (Phi) is 9.23. The van der Waals surface area contributed by atoms with Crippen molar-refractivity contribution >= 4 is 19.4 Å². The zero-order chi connectivity index (χ0) is 29.0. The van der Waals surface area contributed by atoms with Crippen LogP contribution >= 0.6 is 7.82 Å². The Bertz CT molecular complexity index is 1410. The fourth-order valence-corrected chi connectivity index (χ4v) is 5.73. The van der Waals surface area contributed by atoms with Crippen LogP contribution in [0.3, 0.4) is 0 Å². The Balaban J connectivity index is 1.79. The molecule has 3 atom stereocenters. The van der Waals surface area contributed by atoms with Crippen molar-refractivity contribution in [1.82, 2.24) is 9.80 Å². The molecule has 4 rings (SSSR count). The SMILES string of the molecule is C=CCN1C[C@H](C)N(C(c2cccc(C(=O)N(C)c3cccc(F)c3)c2)c2ccccc2OP(=O)(O)O)C[C@H]1C. The van der Waals surface area contributed by atoms with Crippen LogP contribution in [-0.2, 0) is 4.57 Å². The number of hydrogen-bond acceptors (Lipinski definition) is 5. The molecule has 0 bridgehead atoms. The summed E-state index contributed by atoms with van der Waals surface area (Å²) in [7, 11) is -3.25. The van der Waals surface area contributed by atoms with Gasteiger partial charge in [-0.05, 0) is 55.8 Å². The van der Waals surface area contributed by atoms with Crippen molar-refractivity contribution < 1.29 is 28.1 Å². The first kappa shape index (κ1) is 29.6. The third-order valence-corrected chi connectivity index (χ3v) is 7.67. The minimum absolute atomic E-state index is 0.0542. The van der Waals surface area contributed by atoms with Gasteiger partial charge in [-0.1, -0.05) is 42.5 Å². The van der Waals surface area contributed by atoms with Gasteiger partial charge in [0.15, 0.2) is 0 Å². The Morgan fingerprint density at radius 3 is 2.52 bits per heavy atom. The van der Waals surface area contributed by atoms with Crippen molar-refractivity contribution in [2.75, 3.05) is 31.6 Å². The first-order valence-electron chi connectivity index (χ1n) is 13.1. The summed E-state index contributed by atoms with van der Waals surface area (Å²) in [5.74, 6) is -0.683. The average molecular weight is 568 g/mol. The van der Waals surface area contributed by atoms with Crippen LogP contribution in [0, 0.1) is 5.82 Å². The normalized spacial score (nSPS) is 19.1. The van der Waals surface area contributed by atoms with Gasteiger partial charge in [0.25, 0.3) is 5.91 Å². The van der Waals surface area contributed by atoms with Gasteiger partial charge in [0.1, 0.15) is 11.6 Å². The van der Waals surface area contributed by atoms with Gasteiger partial charge in [0.2, 0.25) is 0 Å². The molecule has 0 saturated carbocycles. The third kappa shape index (κ3) is 6.86. The van der Waals surface area contributed by atoms with E-state index in [9.17, 15) is 23.5 Å². The van der Waals surface area contributed by atoms with Gasteiger partial charge in [-0.3, -0.25) is 24.4 Å². The van der Waals surface area contributed by atoms with Crippen molar-refractivity contribution in [2.24, 2.45) is 0 Å². The maximum atomic E-state index is 13.8. The van der Waals surface area contributed by atoms with E-state index in [-0.39, 0.29) is 23.7 Å². The number of carbonyl (C=O) groups excluding carboxylic acids is 1. The van der Waals surface area contributed by atoms with Gasteiger partial charge in [-0.15, -0.1) is 6.58 Å². The highest BCUT2D eigenvalue weighted by atomic mass is 31.2. The van der Waals surface area contributed by atoms with Gasteiger partial charge < -0.3 is 9.42 Å². The minimum Gasteiger partial charge on any atom is -0.404 e. The van der Waals surface area contributed by atoms with Crippen LogP contribution in [-0.4, -0.2) is 64.3 Å². The average Bonchev–Trinajstić information content (AvgIpc) is 2.91. The van der Waals surface area contributed by atoms with E-state index < -0.39 is 19.7 Å². The fourth-order valence-electron chi connectivity index (χ4n) is 5.31. The monoisotopic (exact) mass is 567 g/mol. The van der Waals surface area contributed by atoms with Crippen LogP contribution in [0.4, 0.5) is 10.1 Å². The molecule has 212 valence electrons. The lowest BCUT2D eigenvalue weighted by atomic mass is 9.92. The lowest BCUT2D eigenvalue weighted by molar-refractivity contribution is 0.0302. The molecule has 3 aromatic rings. The van der Waals surface area contributed by atoms with E-state index in [1.165, 1.54) is 23.1 Å². The summed E-state index contributed by atoms with van der Waals surface area (Å²) in [6.07, 6.45) is 1.88. The second kappa shape index (κ2) is 12.5. The second-order valence-electron chi connectivity index (χ2n) is 10.1. The molecule has 1 heterocycles. The number of anilines is 1. The largest absolute Gasteiger partial charge is 0.524 e. The van der Waals surface area contributed by atoms with Crippen LogP contribution < -0.4 is 9.42 Å². The molecule has 1 unspecified atom stereocenters. The van der Waals surface area contributed by atoms with E-state index in [1.807, 2.05) is 12.1 Å². The topological polar surface area (TPSA) is 93.5 Å². The van der Waals surface area contributed by atoms with Gasteiger partial charge >= 0.3 is 7.82 Å². The third-order valence-electron chi connectivity index (χ3n) is 7.24. The highest BCUT2D eigenvalue weighted by Gasteiger charge is 2.36. The van der Waals surface area contributed by atoms with Crippen molar-refractivity contribution in [1.29, 1.82) is 0 Å². The van der Waals surface area contributed by atoms with Crippen molar-refractivity contribution in [3.63, 3.8) is 0 Å². The van der Waals surface area contributed by atoms with Crippen LogP contribution in [0.25, 0.3) is 0 Å². The molecular formula is C30H35FN3O5P. The smallest absolute Gasteiger partial charge is 0.404 e. The number of nitrogens with zero attached hydrogens (tertiary/aromatic N) is 3. The molecule has 0 radical (unpaired) electrons. The number of hydrogen-bond donors (Lipinski definition) is 2. The summed E-state index contributed by atoms with van der Waals surface area (Å²) in [6.45, 7) is 10.3. The number of para-hydroxylation sites is 1. The Hall–Kier alpha value is -3.33. The lowest BCUT2D eigenvalue weighted by Crippen LogP contribution is -2.57. The summed E-state index contributed by atoms with van der Waals surface area (Å²) < 4.78 is 30.8. The van der Waals surface area contributed by atoms with Crippen LogP contribution in [0.2, 0.25) is 0 Å². The molecule has 1 aliphatic heterocycles. The van der Waals surface area contributed by atoms with Crippen molar-refractivity contribution in [2.45, 2.75) is 32.0 Å². The van der Waals surface area contributed by atoms with Gasteiger partial charge in [-0.2, -0.15) is 0 Å². The summed E-state index contributed by atoms with van der Waals surface area (Å²) >= 11 is 0. The van der Waals surface area contributed by atoms with Crippen molar-refractivity contribution in [3.05, 3.63) is 108 Å². The molecule has 2 N–H and O–H groups in total. The molecule has 8 nitrogen and oxygen atoms in total. The maximum absolute atomic E-state index is 13.8. The molecule has 1 fully saturated rings. The number of carbonyl (C=O) groups is 1. The molecule has 1 saturated heterocycles. The number of amides is 1. The van der Waals surface area contributed by atoms with E-state index in [0.717, 1.165) is 18.7 Å². The Morgan fingerprint density at radius 2 is 1.82 bits per heavy atom. The van der Waals surface area contributed by atoms with E-state index in [2.05, 4.69) is 30.2 Å². The standard InChI is InChI=1S/C30H35FN3O5P/c1-5-16-33-19-22(3)34(20-21(33)2)29(27-14-6-7-15-28(27)39-40(36,37)38)23-10-8-11-24(17-23)30(35)32(4)26-13-9-12-25(31)18-26/h5-15,17-18,21-22,29H,1,16,19-20H2,2-4H3,(H2,36,37,38)/t21-,22+,29?/m1/s1. The summed E-state index contributed by atoms with van der Waals surface area (Å²) in [5, 5.41) is 0. The zero-order valence-corrected chi connectivity index (χ0v) is 23.7. The highest BCUT2D eigenvalue weighted by Crippen LogP contribution is 2.44. The highest BCUT2D eigenvalue weighted by molar-refractivity contribution is 7.46. The lowest BCUT2D eigenvalue weighted by Gasteiger charge is -2.47. The fraction of sp³-hybridized carbons (Fsp3) is 0.300. The van der Waals surface area contributed by atoms with E-state index in [1.54, 1.807) is 55.6 Å². The van der Waals surface area contributed by atoms with Crippen LogP contribution in [0.1, 0.15) is 41.4 Å². The quantitative estimate of drug-likeness (QED) is 0.270. The molecule has 0 spiro atoms. The van der Waals surface area contributed by atoms with E-state index in [0.29, 0.717) is 23.4 Å². The first-order chi connectivity index (χ1) is 19.0. The van der Waals surface area contributed by atoms with E-state index >= 15 is 0 Å². The molecule has 0 aromatic heterocycles. The zero-order valence-electron chi connectivity index (χ0n) is 22.9. The number of rotatable bonds is 9. The molecule has 3 aromatic carbocycles. The first-order valence-corrected chi connectivity index (χ1v) is 14.6. The molecule has 0 aliphatic carbocycles. The molecule has 10 heteroatoms. The summed E-state index contributed by atoms with van der Waals surface area (Å²) in [4.78, 5) is 38.7. The second-order valence-corrected chi connectivity index (χ2v) is 11.3. The van der Waals surface area contributed by atoms with Gasteiger partial charge in [0.05, 0.1) is 6.04 Å². The Labute approximate surface area is 234 Å². The number of halogens is 1. The number of phosphoric acid groups is 1. The van der Waals surface area contributed by atoms with Gasteiger partial charge in [0, 0.05) is 55.6 Å². The van der Waals surface area contributed by atoms with Crippen LogP contribution in [0.5, 0.6) is 5.75 Å². The minimum atomic E-state index is -4.84. The number of benzene rings is 3.